The smallest absolute Gasteiger partial charge is 0.238 e. The highest BCUT2D eigenvalue weighted by Gasteiger charge is 2.18. The zero-order valence-electron chi connectivity index (χ0n) is 13.7. The summed E-state index contributed by atoms with van der Waals surface area (Å²) in [4.78, 5) is 27.3. The third kappa shape index (κ3) is 4.84. The molecule has 1 heterocycles. The SMILES string of the molecule is O=C(CN1CCSCC1)Nc1ccc(Cl)cc1C(=O)c1ccccc1. The molecule has 25 heavy (non-hydrogen) atoms. The van der Waals surface area contributed by atoms with Crippen LogP contribution in [0.25, 0.3) is 0 Å². The molecule has 0 bridgehead atoms. The van der Waals surface area contributed by atoms with Crippen LogP contribution in [0.3, 0.4) is 0 Å². The van der Waals surface area contributed by atoms with E-state index in [9.17, 15) is 9.59 Å². The van der Waals surface area contributed by atoms with Gasteiger partial charge in [0, 0.05) is 40.7 Å². The fourth-order valence-electron chi connectivity index (χ4n) is 2.71. The lowest BCUT2D eigenvalue weighted by molar-refractivity contribution is -0.117. The van der Waals surface area contributed by atoms with E-state index in [4.69, 9.17) is 11.6 Å². The number of hydrogen-bond acceptors (Lipinski definition) is 4. The van der Waals surface area contributed by atoms with Gasteiger partial charge in [0.05, 0.1) is 12.2 Å². The van der Waals surface area contributed by atoms with Crippen molar-refractivity contribution in [3.8, 4) is 0 Å². The number of hydrogen-bond donors (Lipinski definition) is 1. The first-order valence-electron chi connectivity index (χ1n) is 8.13. The van der Waals surface area contributed by atoms with Gasteiger partial charge >= 0.3 is 0 Å². The first-order valence-corrected chi connectivity index (χ1v) is 9.66. The Hall–Kier alpha value is -1.82. The predicted molar refractivity (Wildman–Crippen MR) is 104 cm³/mol. The first kappa shape index (κ1) is 18.0. The number of carbonyl (C=O) groups is 2. The highest BCUT2D eigenvalue weighted by atomic mass is 35.5. The van der Waals surface area contributed by atoms with Crippen LogP contribution >= 0.6 is 23.4 Å². The minimum absolute atomic E-state index is 0.115. The molecule has 0 atom stereocenters. The minimum Gasteiger partial charge on any atom is -0.324 e. The Morgan fingerprint density at radius 3 is 2.52 bits per heavy atom. The normalized spacial score (nSPS) is 14.9. The maximum Gasteiger partial charge on any atom is 0.238 e. The van der Waals surface area contributed by atoms with Gasteiger partial charge in [-0.1, -0.05) is 41.9 Å². The van der Waals surface area contributed by atoms with Gasteiger partial charge in [0.2, 0.25) is 5.91 Å². The average molecular weight is 375 g/mol. The zero-order valence-corrected chi connectivity index (χ0v) is 15.3. The van der Waals surface area contributed by atoms with E-state index in [1.54, 1.807) is 30.3 Å². The highest BCUT2D eigenvalue weighted by molar-refractivity contribution is 7.99. The summed E-state index contributed by atoms with van der Waals surface area (Å²) in [6, 6.07) is 13.9. The van der Waals surface area contributed by atoms with Crippen molar-refractivity contribution in [2.45, 2.75) is 0 Å². The monoisotopic (exact) mass is 374 g/mol. The van der Waals surface area contributed by atoms with E-state index in [-0.39, 0.29) is 11.7 Å². The number of anilines is 1. The van der Waals surface area contributed by atoms with Crippen molar-refractivity contribution in [2.24, 2.45) is 0 Å². The van der Waals surface area contributed by atoms with Crippen LogP contribution in [0.15, 0.2) is 48.5 Å². The van der Waals surface area contributed by atoms with E-state index >= 15 is 0 Å². The van der Waals surface area contributed by atoms with Crippen molar-refractivity contribution < 1.29 is 9.59 Å². The van der Waals surface area contributed by atoms with Gasteiger partial charge in [-0.05, 0) is 18.2 Å². The van der Waals surface area contributed by atoms with Gasteiger partial charge in [-0.15, -0.1) is 0 Å². The van der Waals surface area contributed by atoms with Crippen molar-refractivity contribution in [3.63, 3.8) is 0 Å². The predicted octanol–water partition coefficient (Wildman–Crippen LogP) is 3.56. The van der Waals surface area contributed by atoms with Crippen LogP contribution in [-0.4, -0.2) is 47.7 Å². The van der Waals surface area contributed by atoms with Crippen LogP contribution in [0.1, 0.15) is 15.9 Å². The molecule has 1 fully saturated rings. The second kappa shape index (κ2) is 8.52. The largest absolute Gasteiger partial charge is 0.324 e. The Morgan fingerprint density at radius 2 is 1.80 bits per heavy atom. The average Bonchev–Trinajstić information content (AvgIpc) is 2.64. The molecule has 2 aromatic carbocycles. The van der Waals surface area contributed by atoms with E-state index in [2.05, 4.69) is 10.2 Å². The summed E-state index contributed by atoms with van der Waals surface area (Å²) in [5, 5.41) is 3.33. The summed E-state index contributed by atoms with van der Waals surface area (Å²) in [6.45, 7) is 2.16. The molecular formula is C19H19ClN2O2S. The number of amides is 1. The maximum atomic E-state index is 12.8. The molecule has 1 aliphatic rings. The number of halogens is 1. The molecule has 0 aliphatic carbocycles. The zero-order chi connectivity index (χ0) is 17.6. The standard InChI is InChI=1S/C19H19ClN2O2S/c20-15-6-7-17(21-18(23)13-22-8-10-25-11-9-22)16(12-15)19(24)14-4-2-1-3-5-14/h1-7,12H,8-11,13H2,(H,21,23). The molecule has 0 saturated carbocycles. The van der Waals surface area contributed by atoms with Crippen molar-refractivity contribution >= 4 is 40.7 Å². The van der Waals surface area contributed by atoms with Gasteiger partial charge in [0.25, 0.3) is 0 Å². The van der Waals surface area contributed by atoms with Crippen LogP contribution in [0.5, 0.6) is 0 Å². The second-order valence-corrected chi connectivity index (χ2v) is 7.48. The molecule has 3 rings (SSSR count). The summed E-state index contributed by atoms with van der Waals surface area (Å²) in [5.41, 5.74) is 1.46. The van der Waals surface area contributed by atoms with Crippen LogP contribution in [0.4, 0.5) is 5.69 Å². The van der Waals surface area contributed by atoms with E-state index in [1.165, 1.54) is 0 Å². The molecule has 0 spiro atoms. The molecule has 0 radical (unpaired) electrons. The third-order valence-corrected chi connectivity index (χ3v) is 5.18. The molecule has 1 aliphatic heterocycles. The number of benzene rings is 2. The van der Waals surface area contributed by atoms with Crippen molar-refractivity contribution in [1.29, 1.82) is 0 Å². The maximum absolute atomic E-state index is 12.8. The molecule has 1 amide bonds. The molecule has 130 valence electrons. The summed E-state index contributed by atoms with van der Waals surface area (Å²) in [5.74, 6) is 1.82. The lowest BCUT2D eigenvalue weighted by Gasteiger charge is -2.25. The van der Waals surface area contributed by atoms with Gasteiger partial charge < -0.3 is 5.32 Å². The summed E-state index contributed by atoms with van der Waals surface area (Å²) in [7, 11) is 0. The number of nitrogens with zero attached hydrogens (tertiary/aromatic N) is 1. The van der Waals surface area contributed by atoms with Crippen molar-refractivity contribution in [1.82, 2.24) is 4.90 Å². The lowest BCUT2D eigenvalue weighted by atomic mass is 10.0. The lowest BCUT2D eigenvalue weighted by Crippen LogP contribution is -2.38. The Bertz CT molecular complexity index is 761. The molecule has 0 unspecified atom stereocenters. The molecule has 2 aromatic rings. The van der Waals surface area contributed by atoms with E-state index in [0.29, 0.717) is 28.4 Å². The van der Waals surface area contributed by atoms with Crippen LogP contribution in [-0.2, 0) is 4.79 Å². The number of rotatable bonds is 5. The molecule has 1 N–H and O–H groups in total. The van der Waals surface area contributed by atoms with Crippen molar-refractivity contribution in [3.05, 3.63) is 64.7 Å². The van der Waals surface area contributed by atoms with Gasteiger partial charge in [-0.25, -0.2) is 0 Å². The Kier molecular flexibility index (Phi) is 6.13. The Morgan fingerprint density at radius 1 is 1.08 bits per heavy atom. The van der Waals surface area contributed by atoms with E-state index in [0.717, 1.165) is 24.6 Å². The molecule has 0 aromatic heterocycles. The number of thioether (sulfide) groups is 1. The highest BCUT2D eigenvalue weighted by Crippen LogP contribution is 2.24. The molecular weight excluding hydrogens is 356 g/mol. The summed E-state index contributed by atoms with van der Waals surface area (Å²) < 4.78 is 0. The number of carbonyl (C=O) groups excluding carboxylic acids is 2. The quantitative estimate of drug-likeness (QED) is 0.813. The van der Waals surface area contributed by atoms with Gasteiger partial charge in [-0.2, -0.15) is 11.8 Å². The van der Waals surface area contributed by atoms with Gasteiger partial charge in [-0.3, -0.25) is 14.5 Å². The third-order valence-electron chi connectivity index (χ3n) is 4.01. The fraction of sp³-hybridized carbons (Fsp3) is 0.263. The van der Waals surface area contributed by atoms with Crippen LogP contribution in [0, 0.1) is 0 Å². The Balaban J connectivity index is 1.77. The number of ketones is 1. The number of nitrogens with one attached hydrogen (secondary N) is 1. The second-order valence-electron chi connectivity index (χ2n) is 5.82. The first-order chi connectivity index (χ1) is 12.1. The molecule has 6 heteroatoms. The van der Waals surface area contributed by atoms with Gasteiger partial charge in [0.1, 0.15) is 0 Å². The summed E-state index contributed by atoms with van der Waals surface area (Å²) in [6.07, 6.45) is 0. The van der Waals surface area contributed by atoms with Crippen LogP contribution < -0.4 is 5.32 Å². The molecule has 1 saturated heterocycles. The minimum atomic E-state index is -0.159. The molecule has 4 nitrogen and oxygen atoms in total. The Labute approximate surface area is 156 Å². The summed E-state index contributed by atoms with van der Waals surface area (Å²) >= 11 is 7.97. The van der Waals surface area contributed by atoms with Crippen LogP contribution in [0.2, 0.25) is 5.02 Å². The van der Waals surface area contributed by atoms with Crippen molar-refractivity contribution in [2.75, 3.05) is 36.5 Å². The fourth-order valence-corrected chi connectivity index (χ4v) is 3.86. The van der Waals surface area contributed by atoms with E-state index in [1.807, 2.05) is 30.0 Å². The topological polar surface area (TPSA) is 49.4 Å². The van der Waals surface area contributed by atoms with E-state index < -0.39 is 0 Å². The van der Waals surface area contributed by atoms with Gasteiger partial charge in [0.15, 0.2) is 5.78 Å².